The molecule has 3 aliphatic rings. The smallest absolute Gasteiger partial charge is 0.307 e. The fourth-order valence-corrected chi connectivity index (χ4v) is 3.85. The Hall–Kier alpha value is -2.04. The molecule has 1 aliphatic carbocycles. The van der Waals surface area contributed by atoms with E-state index < -0.39 is 11.9 Å². The molecule has 4 rings (SSSR count). The highest BCUT2D eigenvalue weighted by atomic mass is 16.5. The zero-order valence-corrected chi connectivity index (χ0v) is 13.9. The van der Waals surface area contributed by atoms with Crippen molar-refractivity contribution in [3.63, 3.8) is 0 Å². The molecular formula is C19H25NO4. The zero-order chi connectivity index (χ0) is 16.9. The van der Waals surface area contributed by atoms with Gasteiger partial charge < -0.3 is 14.7 Å². The predicted octanol–water partition coefficient (Wildman–Crippen LogP) is 2.95. The van der Waals surface area contributed by atoms with E-state index >= 15 is 0 Å². The predicted molar refractivity (Wildman–Crippen MR) is 89.8 cm³/mol. The molecule has 0 radical (unpaired) electrons. The van der Waals surface area contributed by atoms with Crippen molar-refractivity contribution in [2.45, 2.75) is 44.6 Å². The molecule has 0 unspecified atom stereocenters. The molecule has 2 aliphatic heterocycles. The molecule has 1 aromatic rings. The minimum Gasteiger partial charge on any atom is -0.494 e. The summed E-state index contributed by atoms with van der Waals surface area (Å²) in [4.78, 5) is 26.0. The van der Waals surface area contributed by atoms with Gasteiger partial charge in [-0.1, -0.05) is 18.2 Å². The number of carbonyl (C=O) groups is 2. The summed E-state index contributed by atoms with van der Waals surface area (Å²) in [6, 6.07) is 9.66. The van der Waals surface area contributed by atoms with E-state index in [0.717, 1.165) is 25.1 Å². The van der Waals surface area contributed by atoms with Gasteiger partial charge in [0.05, 0.1) is 12.5 Å². The first-order valence-electron chi connectivity index (χ1n) is 8.83. The van der Waals surface area contributed by atoms with E-state index in [9.17, 15) is 14.7 Å². The largest absolute Gasteiger partial charge is 0.494 e. The molecule has 24 heavy (non-hydrogen) atoms. The number of amides is 1. The van der Waals surface area contributed by atoms with E-state index in [4.69, 9.17) is 4.74 Å². The number of nitrogens with zero attached hydrogens (tertiary/aromatic N) is 1. The Kier molecular flexibility index (Phi) is 5.38. The molecule has 2 saturated heterocycles. The van der Waals surface area contributed by atoms with Gasteiger partial charge in [-0.15, -0.1) is 0 Å². The Labute approximate surface area is 142 Å². The minimum atomic E-state index is -0.915. The van der Waals surface area contributed by atoms with Crippen LogP contribution >= 0.6 is 0 Å². The van der Waals surface area contributed by atoms with E-state index in [2.05, 4.69) is 0 Å². The molecule has 2 bridgehead atoms. The maximum absolute atomic E-state index is 12.6. The quantitative estimate of drug-likeness (QED) is 0.834. The SMILES string of the molecule is O=C(O)[C@@H](CCOc1ccccc1)CC(=O)N1CC2CCC1CC2. The Balaban J connectivity index is 1.50. The van der Waals surface area contributed by atoms with E-state index in [-0.39, 0.29) is 12.3 Å². The summed E-state index contributed by atoms with van der Waals surface area (Å²) in [7, 11) is 0. The van der Waals surface area contributed by atoms with Crippen molar-refractivity contribution in [2.24, 2.45) is 11.8 Å². The van der Waals surface area contributed by atoms with Crippen LogP contribution in [0.3, 0.4) is 0 Å². The lowest BCUT2D eigenvalue weighted by Crippen LogP contribution is -2.51. The fourth-order valence-electron chi connectivity index (χ4n) is 3.85. The maximum atomic E-state index is 12.6. The van der Waals surface area contributed by atoms with E-state index in [1.807, 2.05) is 35.2 Å². The second-order valence-corrected chi connectivity index (χ2v) is 6.91. The minimum absolute atomic E-state index is 0.00323. The number of fused-ring (bicyclic) bond motifs is 3. The van der Waals surface area contributed by atoms with Crippen LogP contribution in [0.4, 0.5) is 0 Å². The Bertz CT molecular complexity index is 566. The van der Waals surface area contributed by atoms with E-state index in [1.165, 1.54) is 12.8 Å². The molecule has 130 valence electrons. The van der Waals surface area contributed by atoms with E-state index in [0.29, 0.717) is 25.0 Å². The molecule has 5 heteroatoms. The number of aliphatic carboxylic acids is 1. The van der Waals surface area contributed by atoms with Gasteiger partial charge in [-0.25, -0.2) is 0 Å². The number of piperidine rings is 2. The van der Waals surface area contributed by atoms with Gasteiger partial charge in [0.15, 0.2) is 0 Å². The average molecular weight is 331 g/mol. The third-order valence-electron chi connectivity index (χ3n) is 5.28. The van der Waals surface area contributed by atoms with Gasteiger partial charge in [-0.2, -0.15) is 0 Å². The number of carboxylic acid groups (broad SMARTS) is 1. The first-order chi connectivity index (χ1) is 11.6. The standard InChI is InChI=1S/C19H25NO4/c21-18(20-13-14-6-8-16(20)9-7-14)12-15(19(22)23)10-11-24-17-4-2-1-3-5-17/h1-5,14-16H,6-13H2,(H,22,23)/t14?,15-,16?/m0/s1. The summed E-state index contributed by atoms with van der Waals surface area (Å²) in [5.74, 6) is -0.259. The fraction of sp³-hybridized carbons (Fsp3) is 0.579. The van der Waals surface area contributed by atoms with Gasteiger partial charge >= 0.3 is 5.97 Å². The molecule has 0 aromatic heterocycles. The summed E-state index contributed by atoms with van der Waals surface area (Å²) in [5, 5.41) is 9.42. The first-order valence-corrected chi connectivity index (χ1v) is 8.83. The van der Waals surface area contributed by atoms with Crippen molar-refractivity contribution in [3.8, 4) is 5.75 Å². The Morgan fingerprint density at radius 2 is 1.88 bits per heavy atom. The van der Waals surface area contributed by atoms with Crippen LogP contribution in [0, 0.1) is 11.8 Å². The van der Waals surface area contributed by atoms with Crippen molar-refractivity contribution < 1.29 is 19.4 Å². The molecule has 5 nitrogen and oxygen atoms in total. The first kappa shape index (κ1) is 16.8. The van der Waals surface area contributed by atoms with E-state index in [1.54, 1.807) is 0 Å². The number of hydrogen-bond donors (Lipinski definition) is 1. The lowest BCUT2D eigenvalue weighted by Gasteiger charge is -2.45. The van der Waals surface area contributed by atoms with Gasteiger partial charge in [0, 0.05) is 19.0 Å². The van der Waals surface area contributed by atoms with Gasteiger partial charge in [0.25, 0.3) is 0 Å². The normalized spacial score (nSPS) is 23.8. The summed E-state index contributed by atoms with van der Waals surface area (Å²) in [6.07, 6.45) is 4.99. The Morgan fingerprint density at radius 3 is 2.46 bits per heavy atom. The number of carbonyl (C=O) groups excluding carboxylic acids is 1. The van der Waals surface area contributed by atoms with Crippen LogP contribution in [0.2, 0.25) is 0 Å². The second-order valence-electron chi connectivity index (χ2n) is 6.91. The van der Waals surface area contributed by atoms with Crippen molar-refractivity contribution in [1.82, 2.24) is 4.90 Å². The highest BCUT2D eigenvalue weighted by Gasteiger charge is 2.37. The zero-order valence-electron chi connectivity index (χ0n) is 13.9. The number of benzene rings is 1. The van der Waals surface area contributed by atoms with Gasteiger partial charge in [-0.05, 0) is 50.2 Å². The van der Waals surface area contributed by atoms with Gasteiger partial charge in [0.1, 0.15) is 5.75 Å². The van der Waals surface area contributed by atoms with Gasteiger partial charge in [0.2, 0.25) is 5.91 Å². The highest BCUT2D eigenvalue weighted by molar-refractivity contribution is 5.82. The number of carboxylic acids is 1. The average Bonchev–Trinajstić information content (AvgIpc) is 2.62. The van der Waals surface area contributed by atoms with Crippen molar-refractivity contribution >= 4 is 11.9 Å². The van der Waals surface area contributed by atoms with Crippen LogP contribution in [-0.4, -0.2) is 41.1 Å². The molecule has 1 N–H and O–H groups in total. The molecule has 1 saturated carbocycles. The molecule has 1 amide bonds. The van der Waals surface area contributed by atoms with Crippen LogP contribution in [0.25, 0.3) is 0 Å². The third-order valence-corrected chi connectivity index (χ3v) is 5.28. The number of para-hydroxylation sites is 1. The third kappa shape index (κ3) is 4.08. The van der Waals surface area contributed by atoms with Crippen LogP contribution in [0.5, 0.6) is 5.75 Å². The monoisotopic (exact) mass is 331 g/mol. The second kappa shape index (κ2) is 7.69. The van der Waals surface area contributed by atoms with Crippen molar-refractivity contribution in [1.29, 1.82) is 0 Å². The summed E-state index contributed by atoms with van der Waals surface area (Å²) in [6.45, 7) is 1.12. The van der Waals surface area contributed by atoms with Crippen LogP contribution < -0.4 is 4.74 Å². The van der Waals surface area contributed by atoms with Crippen LogP contribution in [0.1, 0.15) is 38.5 Å². The summed E-state index contributed by atoms with van der Waals surface area (Å²) in [5.41, 5.74) is 0. The topological polar surface area (TPSA) is 66.8 Å². The molecule has 3 fully saturated rings. The lowest BCUT2D eigenvalue weighted by molar-refractivity contribution is -0.149. The molecule has 1 atom stereocenters. The number of ether oxygens (including phenoxy) is 1. The van der Waals surface area contributed by atoms with Crippen LogP contribution in [-0.2, 0) is 9.59 Å². The van der Waals surface area contributed by atoms with Crippen molar-refractivity contribution in [3.05, 3.63) is 30.3 Å². The highest BCUT2D eigenvalue weighted by Crippen LogP contribution is 2.35. The molecule has 1 aromatic carbocycles. The summed E-state index contributed by atoms with van der Waals surface area (Å²) < 4.78 is 5.57. The van der Waals surface area contributed by atoms with Gasteiger partial charge in [-0.3, -0.25) is 9.59 Å². The lowest BCUT2D eigenvalue weighted by atomic mass is 9.79. The molecular weight excluding hydrogens is 306 g/mol. The number of hydrogen-bond acceptors (Lipinski definition) is 3. The molecule has 2 heterocycles. The number of rotatable bonds is 7. The maximum Gasteiger partial charge on any atom is 0.307 e. The Morgan fingerprint density at radius 1 is 1.17 bits per heavy atom. The van der Waals surface area contributed by atoms with Crippen LogP contribution in [0.15, 0.2) is 30.3 Å². The molecule has 0 spiro atoms. The summed E-state index contributed by atoms with van der Waals surface area (Å²) >= 11 is 0. The van der Waals surface area contributed by atoms with Crippen molar-refractivity contribution in [2.75, 3.05) is 13.2 Å².